The molecular formula is C20H20ClN5O4S. The number of halogens is 1. The Hall–Kier alpha value is -3.21. The zero-order valence-electron chi connectivity index (χ0n) is 16.4. The van der Waals surface area contributed by atoms with Crippen LogP contribution >= 0.6 is 11.6 Å². The van der Waals surface area contributed by atoms with Crippen molar-refractivity contribution in [2.75, 3.05) is 0 Å². The van der Waals surface area contributed by atoms with Crippen molar-refractivity contribution in [3.63, 3.8) is 0 Å². The lowest BCUT2D eigenvalue weighted by atomic mass is 10.1. The van der Waals surface area contributed by atoms with Crippen molar-refractivity contribution in [1.29, 1.82) is 0 Å². The van der Waals surface area contributed by atoms with Crippen LogP contribution in [0, 0.1) is 0 Å². The average Bonchev–Trinajstić information content (AvgIpc) is 2.73. The summed E-state index contributed by atoms with van der Waals surface area (Å²) < 4.78 is 27.9. The fourth-order valence-electron chi connectivity index (χ4n) is 3.00. The number of sulfonamides is 1. The highest BCUT2D eigenvalue weighted by Crippen LogP contribution is 2.33. The highest BCUT2D eigenvalue weighted by molar-refractivity contribution is 7.89. The number of nitrogens with zero attached hydrogens (tertiary/aromatic N) is 3. The minimum Gasteiger partial charge on any atom is -0.480 e. The fraction of sp³-hybridized carbons (Fsp3) is 0.150. The van der Waals surface area contributed by atoms with E-state index in [2.05, 4.69) is 9.98 Å². The topological polar surface area (TPSA) is 152 Å². The molecular weight excluding hydrogens is 442 g/mol. The van der Waals surface area contributed by atoms with Gasteiger partial charge in [0.1, 0.15) is 6.04 Å². The van der Waals surface area contributed by atoms with Gasteiger partial charge in [-0.25, -0.2) is 13.4 Å². The van der Waals surface area contributed by atoms with E-state index in [1.807, 2.05) is 0 Å². The summed E-state index contributed by atoms with van der Waals surface area (Å²) in [4.78, 5) is 19.5. The van der Waals surface area contributed by atoms with Crippen LogP contribution in [0.1, 0.15) is 12.5 Å². The van der Waals surface area contributed by atoms with Crippen molar-refractivity contribution in [2.45, 2.75) is 24.4 Å². The number of carboxylic acid groups (broad SMARTS) is 1. The first-order valence-corrected chi connectivity index (χ1v) is 10.9. The van der Waals surface area contributed by atoms with Crippen molar-refractivity contribution < 1.29 is 18.3 Å². The molecule has 0 bridgehead atoms. The molecule has 0 spiro atoms. The molecule has 9 nitrogen and oxygen atoms in total. The van der Waals surface area contributed by atoms with E-state index in [1.54, 1.807) is 30.3 Å². The number of nitrogens with two attached hydrogens (primary N) is 2. The highest BCUT2D eigenvalue weighted by atomic mass is 35.5. The zero-order chi connectivity index (χ0) is 22.8. The average molecular weight is 462 g/mol. The summed E-state index contributed by atoms with van der Waals surface area (Å²) in [6, 6.07) is 11.6. The van der Waals surface area contributed by atoms with E-state index < -0.39 is 22.0 Å². The van der Waals surface area contributed by atoms with E-state index in [9.17, 15) is 18.3 Å². The Morgan fingerprint density at radius 3 is 2.48 bits per heavy atom. The molecule has 2 aromatic carbocycles. The van der Waals surface area contributed by atoms with E-state index in [-0.39, 0.29) is 28.2 Å². The molecule has 1 atom stereocenters. The van der Waals surface area contributed by atoms with Crippen molar-refractivity contribution in [3.8, 4) is 0 Å². The quantitative estimate of drug-likeness (QED) is 0.361. The normalized spacial score (nSPS) is 12.6. The largest absolute Gasteiger partial charge is 0.480 e. The molecule has 1 aromatic heterocycles. The third-order valence-electron chi connectivity index (χ3n) is 4.60. The van der Waals surface area contributed by atoms with E-state index in [1.165, 1.54) is 31.3 Å². The summed E-state index contributed by atoms with van der Waals surface area (Å²) >= 11 is 6.18. The number of rotatable bonds is 7. The molecule has 5 N–H and O–H groups in total. The van der Waals surface area contributed by atoms with Crippen LogP contribution in [0.3, 0.4) is 0 Å². The molecule has 0 saturated carbocycles. The molecule has 0 aliphatic rings. The van der Waals surface area contributed by atoms with Gasteiger partial charge in [0.25, 0.3) is 0 Å². The van der Waals surface area contributed by atoms with E-state index >= 15 is 0 Å². The Balaban J connectivity index is 2.17. The Labute approximate surface area is 184 Å². The Kier molecular flexibility index (Phi) is 6.44. The van der Waals surface area contributed by atoms with Crippen molar-refractivity contribution in [3.05, 3.63) is 65.3 Å². The fourth-order valence-corrected chi connectivity index (χ4v) is 4.81. The van der Waals surface area contributed by atoms with E-state index in [0.29, 0.717) is 16.3 Å². The maximum absolute atomic E-state index is 13.5. The molecule has 162 valence electrons. The highest BCUT2D eigenvalue weighted by Gasteiger charge is 2.33. The lowest BCUT2D eigenvalue weighted by Crippen LogP contribution is -2.42. The first kappa shape index (κ1) is 22.5. The number of carboxylic acids is 1. The van der Waals surface area contributed by atoms with Gasteiger partial charge in [-0.2, -0.15) is 9.30 Å². The molecule has 3 rings (SSSR count). The number of pyridine rings is 1. The summed E-state index contributed by atoms with van der Waals surface area (Å²) in [6.07, 6.45) is 1.36. The zero-order valence-corrected chi connectivity index (χ0v) is 18.0. The van der Waals surface area contributed by atoms with Crippen LogP contribution in [0.4, 0.5) is 5.82 Å². The van der Waals surface area contributed by atoms with Crippen molar-refractivity contribution in [1.82, 2.24) is 9.29 Å². The number of fused-ring (bicyclic) bond motifs is 1. The Bertz CT molecular complexity index is 1260. The SMILES string of the molecule is C[C@@H](C(=O)O)N(Cc1ccccc1)S(=O)(=O)c1ccc2c(Cl)cnc(N=C(N)N)c2c1. The van der Waals surface area contributed by atoms with Crippen LogP contribution in [0.5, 0.6) is 0 Å². The predicted molar refractivity (Wildman–Crippen MR) is 118 cm³/mol. The molecule has 31 heavy (non-hydrogen) atoms. The first-order valence-electron chi connectivity index (χ1n) is 9.07. The summed E-state index contributed by atoms with van der Waals surface area (Å²) in [5, 5.41) is 10.6. The van der Waals surface area contributed by atoms with Gasteiger partial charge in [0.15, 0.2) is 11.8 Å². The van der Waals surface area contributed by atoms with Gasteiger partial charge in [0, 0.05) is 23.5 Å². The van der Waals surface area contributed by atoms with Crippen LogP contribution in [0.15, 0.2) is 64.6 Å². The van der Waals surface area contributed by atoms with Gasteiger partial charge >= 0.3 is 5.97 Å². The number of aliphatic imine (C=N–C) groups is 1. The Morgan fingerprint density at radius 1 is 1.19 bits per heavy atom. The monoisotopic (exact) mass is 461 g/mol. The maximum atomic E-state index is 13.5. The Morgan fingerprint density at radius 2 is 1.87 bits per heavy atom. The number of benzene rings is 2. The number of carbonyl (C=O) groups is 1. The predicted octanol–water partition coefficient (Wildman–Crippen LogP) is 2.46. The van der Waals surface area contributed by atoms with Crippen LogP contribution in [0.25, 0.3) is 10.8 Å². The molecule has 0 aliphatic carbocycles. The van der Waals surface area contributed by atoms with Crippen LogP contribution < -0.4 is 11.5 Å². The van der Waals surface area contributed by atoms with Gasteiger partial charge in [-0.15, -0.1) is 0 Å². The number of aliphatic carboxylic acids is 1. The molecule has 0 amide bonds. The second-order valence-corrected chi connectivity index (χ2v) is 9.02. The van der Waals surface area contributed by atoms with Gasteiger partial charge in [-0.3, -0.25) is 4.79 Å². The number of aromatic nitrogens is 1. The molecule has 0 unspecified atom stereocenters. The van der Waals surface area contributed by atoms with Crippen LogP contribution in [-0.4, -0.2) is 40.8 Å². The van der Waals surface area contributed by atoms with Gasteiger partial charge in [0.2, 0.25) is 10.0 Å². The van der Waals surface area contributed by atoms with Gasteiger partial charge in [0.05, 0.1) is 9.92 Å². The maximum Gasteiger partial charge on any atom is 0.321 e. The van der Waals surface area contributed by atoms with Gasteiger partial charge in [-0.1, -0.05) is 48.0 Å². The summed E-state index contributed by atoms with van der Waals surface area (Å²) in [5.41, 5.74) is 11.5. The molecule has 0 saturated heterocycles. The molecule has 3 aromatic rings. The van der Waals surface area contributed by atoms with E-state index in [4.69, 9.17) is 23.1 Å². The minimum absolute atomic E-state index is 0.0948. The lowest BCUT2D eigenvalue weighted by Gasteiger charge is -2.26. The molecule has 11 heteroatoms. The molecule has 0 radical (unpaired) electrons. The lowest BCUT2D eigenvalue weighted by molar-refractivity contribution is -0.141. The van der Waals surface area contributed by atoms with Gasteiger partial charge in [-0.05, 0) is 24.6 Å². The first-order chi connectivity index (χ1) is 14.6. The van der Waals surface area contributed by atoms with Crippen LogP contribution in [-0.2, 0) is 21.4 Å². The second-order valence-electron chi connectivity index (χ2n) is 6.72. The number of hydrogen-bond donors (Lipinski definition) is 3. The summed E-state index contributed by atoms with van der Waals surface area (Å²) in [5.74, 6) is -1.43. The summed E-state index contributed by atoms with van der Waals surface area (Å²) in [6.45, 7) is 1.19. The van der Waals surface area contributed by atoms with Crippen LogP contribution in [0.2, 0.25) is 5.02 Å². The smallest absolute Gasteiger partial charge is 0.321 e. The second kappa shape index (κ2) is 8.88. The molecule has 0 aliphatic heterocycles. The van der Waals surface area contributed by atoms with Crippen molar-refractivity contribution in [2.24, 2.45) is 16.5 Å². The van der Waals surface area contributed by atoms with E-state index in [0.717, 1.165) is 4.31 Å². The number of guanidine groups is 1. The third kappa shape index (κ3) is 4.76. The van der Waals surface area contributed by atoms with Crippen molar-refractivity contribution >= 4 is 50.1 Å². The van der Waals surface area contributed by atoms with Gasteiger partial charge < -0.3 is 16.6 Å². The number of hydrogen-bond acceptors (Lipinski definition) is 5. The standard InChI is InChI=1S/C20H20ClN5O4S/c1-12(19(27)28)26(11-13-5-3-2-4-6-13)31(29,30)14-7-8-15-16(9-14)18(25-20(22)23)24-10-17(15)21/h2-10,12H,11H2,1H3,(H,27,28)(H4,22,23,24,25)/t12-/m0/s1. The molecule has 0 fully saturated rings. The minimum atomic E-state index is -4.22. The molecule has 1 heterocycles. The third-order valence-corrected chi connectivity index (χ3v) is 6.82. The summed E-state index contributed by atoms with van der Waals surface area (Å²) in [7, 11) is -4.22.